The second-order valence-corrected chi connectivity index (χ2v) is 4.82. The molecule has 1 aromatic rings. The van der Waals surface area contributed by atoms with E-state index in [9.17, 15) is 5.11 Å². The number of ether oxygens (including phenoxy) is 1. The van der Waals surface area contributed by atoms with E-state index in [0.29, 0.717) is 12.5 Å². The van der Waals surface area contributed by atoms with Crippen LogP contribution in [-0.4, -0.2) is 35.9 Å². The van der Waals surface area contributed by atoms with Crippen molar-refractivity contribution in [3.05, 3.63) is 18.3 Å². The Morgan fingerprint density at radius 1 is 1.50 bits per heavy atom. The van der Waals surface area contributed by atoms with Crippen molar-refractivity contribution in [2.45, 2.75) is 32.8 Å². The van der Waals surface area contributed by atoms with Gasteiger partial charge in [-0.25, -0.2) is 4.98 Å². The van der Waals surface area contributed by atoms with Crippen LogP contribution in [0.25, 0.3) is 0 Å². The summed E-state index contributed by atoms with van der Waals surface area (Å²) in [5, 5.41) is 9.61. The molecule has 1 atom stereocenters. The number of hydrogen-bond acceptors (Lipinski definition) is 4. The van der Waals surface area contributed by atoms with Crippen LogP contribution in [0.5, 0.6) is 5.75 Å². The van der Waals surface area contributed by atoms with Crippen LogP contribution in [-0.2, 0) is 0 Å². The Bertz CT molecular complexity index is 374. The van der Waals surface area contributed by atoms with E-state index in [2.05, 4.69) is 9.88 Å². The predicted octanol–water partition coefficient (Wildman–Crippen LogP) is 2.08. The first-order chi connectivity index (χ1) is 8.72. The summed E-state index contributed by atoms with van der Waals surface area (Å²) in [6.45, 7) is 6.39. The molecule has 4 nitrogen and oxygen atoms in total. The Labute approximate surface area is 109 Å². The Hall–Kier alpha value is -1.29. The molecule has 1 aliphatic heterocycles. The molecule has 0 radical (unpaired) electrons. The molecule has 1 aliphatic rings. The van der Waals surface area contributed by atoms with Gasteiger partial charge in [-0.05, 0) is 44.7 Å². The van der Waals surface area contributed by atoms with Crippen LogP contribution in [0.4, 0.5) is 5.82 Å². The SMILES string of the molecule is CCOc1cccnc1N1CCC(C(C)O)CC1. The van der Waals surface area contributed by atoms with Crippen LogP contribution in [0.3, 0.4) is 0 Å². The second-order valence-electron chi connectivity index (χ2n) is 4.82. The largest absolute Gasteiger partial charge is 0.490 e. The van der Waals surface area contributed by atoms with Gasteiger partial charge in [-0.15, -0.1) is 0 Å². The van der Waals surface area contributed by atoms with Gasteiger partial charge in [0.05, 0.1) is 12.7 Å². The summed E-state index contributed by atoms with van der Waals surface area (Å²) in [5.74, 6) is 2.21. The van der Waals surface area contributed by atoms with Crippen molar-refractivity contribution in [3.63, 3.8) is 0 Å². The summed E-state index contributed by atoms with van der Waals surface area (Å²) in [5.41, 5.74) is 0. The molecule has 0 aromatic carbocycles. The van der Waals surface area contributed by atoms with Gasteiger partial charge in [-0.2, -0.15) is 0 Å². The van der Waals surface area contributed by atoms with E-state index in [0.717, 1.165) is 37.5 Å². The van der Waals surface area contributed by atoms with Crippen LogP contribution in [0.15, 0.2) is 18.3 Å². The summed E-state index contributed by atoms with van der Waals surface area (Å²) < 4.78 is 5.61. The summed E-state index contributed by atoms with van der Waals surface area (Å²) in [6, 6.07) is 3.86. The summed E-state index contributed by atoms with van der Waals surface area (Å²) in [6.07, 6.45) is 3.63. The highest BCUT2D eigenvalue weighted by Gasteiger charge is 2.24. The highest BCUT2D eigenvalue weighted by atomic mass is 16.5. The van der Waals surface area contributed by atoms with Crippen molar-refractivity contribution >= 4 is 5.82 Å². The minimum atomic E-state index is -0.206. The molecule has 0 aliphatic carbocycles. The number of aliphatic hydroxyl groups is 1. The van der Waals surface area contributed by atoms with Gasteiger partial charge in [0, 0.05) is 19.3 Å². The lowest BCUT2D eigenvalue weighted by atomic mass is 9.92. The smallest absolute Gasteiger partial charge is 0.171 e. The molecule has 0 spiro atoms. The zero-order chi connectivity index (χ0) is 13.0. The average molecular weight is 250 g/mol. The van der Waals surface area contributed by atoms with E-state index in [1.165, 1.54) is 0 Å². The van der Waals surface area contributed by atoms with Gasteiger partial charge in [0.2, 0.25) is 0 Å². The first kappa shape index (κ1) is 13.1. The monoisotopic (exact) mass is 250 g/mol. The molecule has 4 heteroatoms. The molecular formula is C14H22N2O2. The quantitative estimate of drug-likeness (QED) is 0.888. The Balaban J connectivity index is 2.05. The third-order valence-corrected chi connectivity index (χ3v) is 3.57. The molecule has 0 saturated carbocycles. The maximum Gasteiger partial charge on any atom is 0.171 e. The standard InChI is InChI=1S/C14H22N2O2/c1-3-18-13-5-4-8-15-14(13)16-9-6-12(7-10-16)11(2)17/h4-5,8,11-12,17H,3,6-7,9-10H2,1-2H3. The molecule has 1 fully saturated rings. The number of aliphatic hydroxyl groups excluding tert-OH is 1. The van der Waals surface area contributed by atoms with E-state index in [1.54, 1.807) is 6.20 Å². The third kappa shape index (κ3) is 2.93. The van der Waals surface area contributed by atoms with Gasteiger partial charge in [0.15, 0.2) is 11.6 Å². The number of hydrogen-bond donors (Lipinski definition) is 1. The molecule has 0 amide bonds. The second kappa shape index (κ2) is 6.05. The normalized spacial score (nSPS) is 18.7. The fourth-order valence-corrected chi connectivity index (χ4v) is 2.48. The summed E-state index contributed by atoms with van der Waals surface area (Å²) in [4.78, 5) is 6.68. The van der Waals surface area contributed by atoms with Gasteiger partial charge in [-0.3, -0.25) is 0 Å². The molecule has 1 N–H and O–H groups in total. The lowest BCUT2D eigenvalue weighted by Crippen LogP contribution is -2.37. The average Bonchev–Trinajstić information content (AvgIpc) is 2.40. The van der Waals surface area contributed by atoms with Gasteiger partial charge in [0.25, 0.3) is 0 Å². The van der Waals surface area contributed by atoms with Crippen molar-refractivity contribution in [1.82, 2.24) is 4.98 Å². The van der Waals surface area contributed by atoms with Gasteiger partial charge in [0.1, 0.15) is 0 Å². The van der Waals surface area contributed by atoms with Crippen molar-refractivity contribution in [1.29, 1.82) is 0 Å². The molecule has 0 bridgehead atoms. The minimum Gasteiger partial charge on any atom is -0.490 e. The predicted molar refractivity (Wildman–Crippen MR) is 72.0 cm³/mol. The topological polar surface area (TPSA) is 45.6 Å². The van der Waals surface area contributed by atoms with Gasteiger partial charge < -0.3 is 14.7 Å². The molecule has 2 heterocycles. The van der Waals surface area contributed by atoms with Crippen LogP contribution in [0, 0.1) is 5.92 Å². The number of piperidine rings is 1. The summed E-state index contributed by atoms with van der Waals surface area (Å²) >= 11 is 0. The molecule has 1 unspecified atom stereocenters. The molecule has 100 valence electrons. The molecule has 1 aromatic heterocycles. The number of aromatic nitrogens is 1. The molecule has 2 rings (SSSR count). The first-order valence-electron chi connectivity index (χ1n) is 6.73. The van der Waals surface area contributed by atoms with E-state index in [-0.39, 0.29) is 6.10 Å². The van der Waals surface area contributed by atoms with Crippen LogP contribution < -0.4 is 9.64 Å². The van der Waals surface area contributed by atoms with Crippen molar-refractivity contribution in [2.75, 3.05) is 24.6 Å². The van der Waals surface area contributed by atoms with E-state index in [4.69, 9.17) is 4.74 Å². The molecule has 1 saturated heterocycles. The number of nitrogens with zero attached hydrogens (tertiary/aromatic N) is 2. The number of rotatable bonds is 4. The van der Waals surface area contributed by atoms with Gasteiger partial charge >= 0.3 is 0 Å². The molecule has 18 heavy (non-hydrogen) atoms. The van der Waals surface area contributed by atoms with Crippen LogP contribution >= 0.6 is 0 Å². The Morgan fingerprint density at radius 2 is 2.22 bits per heavy atom. The minimum absolute atomic E-state index is 0.206. The Kier molecular flexibility index (Phi) is 4.42. The number of anilines is 1. The zero-order valence-corrected chi connectivity index (χ0v) is 11.2. The third-order valence-electron chi connectivity index (χ3n) is 3.57. The van der Waals surface area contributed by atoms with Crippen LogP contribution in [0.1, 0.15) is 26.7 Å². The van der Waals surface area contributed by atoms with Crippen LogP contribution in [0.2, 0.25) is 0 Å². The highest BCUT2D eigenvalue weighted by molar-refractivity contribution is 5.52. The van der Waals surface area contributed by atoms with Crippen molar-refractivity contribution in [2.24, 2.45) is 5.92 Å². The fraction of sp³-hybridized carbons (Fsp3) is 0.643. The van der Waals surface area contributed by atoms with Crippen molar-refractivity contribution in [3.8, 4) is 5.75 Å². The van der Waals surface area contributed by atoms with E-state index >= 15 is 0 Å². The maximum atomic E-state index is 9.61. The van der Waals surface area contributed by atoms with E-state index < -0.39 is 0 Å². The lowest BCUT2D eigenvalue weighted by Gasteiger charge is -2.34. The summed E-state index contributed by atoms with van der Waals surface area (Å²) in [7, 11) is 0. The van der Waals surface area contributed by atoms with Crippen molar-refractivity contribution < 1.29 is 9.84 Å². The first-order valence-corrected chi connectivity index (χ1v) is 6.73. The fourth-order valence-electron chi connectivity index (χ4n) is 2.48. The highest BCUT2D eigenvalue weighted by Crippen LogP contribution is 2.30. The maximum absolute atomic E-state index is 9.61. The molecular weight excluding hydrogens is 228 g/mol. The zero-order valence-electron chi connectivity index (χ0n) is 11.2. The Morgan fingerprint density at radius 3 is 2.83 bits per heavy atom. The van der Waals surface area contributed by atoms with E-state index in [1.807, 2.05) is 26.0 Å². The lowest BCUT2D eigenvalue weighted by molar-refractivity contribution is 0.109. The number of pyridine rings is 1. The van der Waals surface area contributed by atoms with Gasteiger partial charge in [-0.1, -0.05) is 0 Å².